The molecule has 1 heterocycles. The highest BCUT2D eigenvalue weighted by Gasteiger charge is 2.36. The number of rotatable bonds is 3. The summed E-state index contributed by atoms with van der Waals surface area (Å²) in [5, 5.41) is 2.72. The van der Waals surface area contributed by atoms with Gasteiger partial charge in [0.15, 0.2) is 0 Å². The molecule has 1 fully saturated rings. The van der Waals surface area contributed by atoms with Gasteiger partial charge in [0.25, 0.3) is 5.91 Å². The Balaban J connectivity index is 1.93. The van der Waals surface area contributed by atoms with Gasteiger partial charge in [0, 0.05) is 18.7 Å². The predicted octanol–water partition coefficient (Wildman–Crippen LogP) is 0.647. The van der Waals surface area contributed by atoms with E-state index in [0.717, 1.165) is 0 Å². The Bertz CT molecular complexity index is 403. The van der Waals surface area contributed by atoms with Gasteiger partial charge >= 0.3 is 0 Å². The fourth-order valence-corrected chi connectivity index (χ4v) is 1.72. The summed E-state index contributed by atoms with van der Waals surface area (Å²) in [6, 6.07) is 8.58. The lowest BCUT2D eigenvalue weighted by molar-refractivity contribution is -0.143. The molecule has 0 radical (unpaired) electrons. The molecular weight excluding hydrogens is 204 g/mol. The molecule has 0 unspecified atom stereocenters. The van der Waals surface area contributed by atoms with Crippen molar-refractivity contribution in [2.75, 3.05) is 13.1 Å². The first-order valence-electron chi connectivity index (χ1n) is 5.37. The van der Waals surface area contributed by atoms with E-state index >= 15 is 0 Å². The van der Waals surface area contributed by atoms with Crippen molar-refractivity contribution in [1.82, 2.24) is 10.2 Å². The number of amides is 2. The molecule has 16 heavy (non-hydrogen) atoms. The Hall–Kier alpha value is -1.84. The molecule has 0 bridgehead atoms. The van der Waals surface area contributed by atoms with Gasteiger partial charge in [0.2, 0.25) is 5.91 Å². The van der Waals surface area contributed by atoms with Crippen LogP contribution in [0.1, 0.15) is 17.3 Å². The van der Waals surface area contributed by atoms with Crippen LogP contribution in [-0.2, 0) is 4.79 Å². The van der Waals surface area contributed by atoms with Crippen LogP contribution in [0, 0.1) is 0 Å². The first-order chi connectivity index (χ1) is 7.72. The molecule has 1 aliphatic heterocycles. The number of carbonyl (C=O) groups is 2. The summed E-state index contributed by atoms with van der Waals surface area (Å²) < 4.78 is 0. The first kappa shape index (κ1) is 10.7. The van der Waals surface area contributed by atoms with Crippen LogP contribution >= 0.6 is 0 Å². The highest BCUT2D eigenvalue weighted by molar-refractivity contribution is 5.99. The van der Waals surface area contributed by atoms with Crippen molar-refractivity contribution in [1.29, 1.82) is 0 Å². The smallest absolute Gasteiger partial charge is 0.251 e. The lowest BCUT2D eigenvalue weighted by Crippen LogP contribution is -2.63. The summed E-state index contributed by atoms with van der Waals surface area (Å²) in [6.07, 6.45) is 0. The van der Waals surface area contributed by atoms with Gasteiger partial charge in [-0.15, -0.1) is 0 Å². The van der Waals surface area contributed by atoms with E-state index in [0.29, 0.717) is 18.7 Å². The fourth-order valence-electron chi connectivity index (χ4n) is 1.72. The van der Waals surface area contributed by atoms with E-state index in [4.69, 9.17) is 0 Å². The van der Waals surface area contributed by atoms with E-state index in [-0.39, 0.29) is 17.9 Å². The molecule has 1 atom stereocenters. The standard InChI is InChI=1S/C12H14N2O2/c1-2-14-8-10(12(14)16)13-11(15)9-6-4-3-5-7-9/h3-7,10H,2,8H2,1H3,(H,13,15)/t10-/m0/s1. The van der Waals surface area contributed by atoms with Crippen LogP contribution in [0.4, 0.5) is 0 Å². The fraction of sp³-hybridized carbons (Fsp3) is 0.333. The average molecular weight is 218 g/mol. The van der Waals surface area contributed by atoms with Crippen LogP contribution in [0.3, 0.4) is 0 Å². The van der Waals surface area contributed by atoms with Crippen LogP contribution in [0.25, 0.3) is 0 Å². The number of nitrogens with zero attached hydrogens (tertiary/aromatic N) is 1. The summed E-state index contributed by atoms with van der Waals surface area (Å²) in [5.41, 5.74) is 0.588. The zero-order valence-corrected chi connectivity index (χ0v) is 9.14. The molecule has 0 spiro atoms. The second-order valence-corrected chi connectivity index (χ2v) is 3.77. The monoisotopic (exact) mass is 218 g/mol. The molecule has 84 valence electrons. The quantitative estimate of drug-likeness (QED) is 0.757. The summed E-state index contributed by atoms with van der Waals surface area (Å²) in [7, 11) is 0. The van der Waals surface area contributed by atoms with Crippen LogP contribution in [0.5, 0.6) is 0 Å². The van der Waals surface area contributed by atoms with E-state index in [9.17, 15) is 9.59 Å². The van der Waals surface area contributed by atoms with Gasteiger partial charge < -0.3 is 10.2 Å². The van der Waals surface area contributed by atoms with Crippen molar-refractivity contribution < 1.29 is 9.59 Å². The lowest BCUT2D eigenvalue weighted by atomic mass is 10.1. The van der Waals surface area contributed by atoms with E-state index in [2.05, 4.69) is 5.32 Å². The molecule has 2 rings (SSSR count). The number of benzene rings is 1. The van der Waals surface area contributed by atoms with Crippen molar-refractivity contribution in [2.45, 2.75) is 13.0 Å². The topological polar surface area (TPSA) is 49.4 Å². The van der Waals surface area contributed by atoms with E-state index in [1.165, 1.54) is 0 Å². The molecule has 4 heteroatoms. The number of nitrogens with one attached hydrogen (secondary N) is 1. The first-order valence-corrected chi connectivity index (χ1v) is 5.37. The average Bonchev–Trinajstić information content (AvgIpc) is 2.34. The van der Waals surface area contributed by atoms with E-state index in [1.54, 1.807) is 29.2 Å². The highest BCUT2D eigenvalue weighted by Crippen LogP contribution is 2.10. The van der Waals surface area contributed by atoms with Crippen molar-refractivity contribution >= 4 is 11.8 Å². The zero-order valence-electron chi connectivity index (χ0n) is 9.14. The molecule has 2 amide bonds. The molecule has 1 N–H and O–H groups in total. The van der Waals surface area contributed by atoms with Crippen molar-refractivity contribution in [2.24, 2.45) is 0 Å². The largest absolute Gasteiger partial charge is 0.339 e. The Kier molecular flexibility index (Phi) is 2.90. The molecule has 0 aromatic heterocycles. The van der Waals surface area contributed by atoms with Gasteiger partial charge in [-0.3, -0.25) is 9.59 Å². The van der Waals surface area contributed by atoms with Crippen molar-refractivity contribution in [3.63, 3.8) is 0 Å². The summed E-state index contributed by atoms with van der Waals surface area (Å²) in [5.74, 6) is -0.179. The zero-order chi connectivity index (χ0) is 11.5. The van der Waals surface area contributed by atoms with Gasteiger partial charge in [0.1, 0.15) is 6.04 Å². The number of likely N-dealkylation sites (tertiary alicyclic amines) is 1. The minimum atomic E-state index is -0.340. The summed E-state index contributed by atoms with van der Waals surface area (Å²) in [4.78, 5) is 24.9. The molecule has 1 aromatic carbocycles. The number of carbonyl (C=O) groups excluding carboxylic acids is 2. The number of hydrogen-bond acceptors (Lipinski definition) is 2. The summed E-state index contributed by atoms with van der Waals surface area (Å²) in [6.45, 7) is 3.25. The lowest BCUT2D eigenvalue weighted by Gasteiger charge is -2.37. The number of likely N-dealkylation sites (N-methyl/N-ethyl adjacent to an activating group) is 1. The normalized spacial score (nSPS) is 19.2. The Morgan fingerprint density at radius 3 is 2.69 bits per heavy atom. The van der Waals surface area contributed by atoms with Crippen LogP contribution in [0.15, 0.2) is 30.3 Å². The molecule has 0 aliphatic carbocycles. The summed E-state index contributed by atoms with van der Waals surface area (Å²) >= 11 is 0. The Morgan fingerprint density at radius 2 is 2.12 bits per heavy atom. The number of β-lactam (4-membered cyclic amide) rings is 1. The Labute approximate surface area is 94.2 Å². The predicted molar refractivity (Wildman–Crippen MR) is 60.0 cm³/mol. The third-order valence-electron chi connectivity index (χ3n) is 2.74. The van der Waals surface area contributed by atoms with Crippen LogP contribution < -0.4 is 5.32 Å². The SMILES string of the molecule is CCN1C[C@H](NC(=O)c2ccccc2)C1=O. The molecule has 4 nitrogen and oxygen atoms in total. The second kappa shape index (κ2) is 4.35. The third-order valence-corrected chi connectivity index (χ3v) is 2.74. The third kappa shape index (κ3) is 1.91. The molecule has 1 aliphatic rings. The molecule has 1 saturated heterocycles. The van der Waals surface area contributed by atoms with Crippen LogP contribution in [-0.4, -0.2) is 35.8 Å². The van der Waals surface area contributed by atoms with Crippen LogP contribution in [0.2, 0.25) is 0 Å². The maximum atomic E-state index is 11.7. The minimum absolute atomic E-state index is 0.00628. The van der Waals surface area contributed by atoms with Gasteiger partial charge in [0.05, 0.1) is 0 Å². The van der Waals surface area contributed by atoms with Gasteiger partial charge in [-0.25, -0.2) is 0 Å². The van der Waals surface area contributed by atoms with E-state index < -0.39 is 0 Å². The van der Waals surface area contributed by atoms with Crippen molar-refractivity contribution in [3.8, 4) is 0 Å². The van der Waals surface area contributed by atoms with Gasteiger partial charge in [-0.05, 0) is 19.1 Å². The number of hydrogen-bond donors (Lipinski definition) is 1. The molecule has 0 saturated carbocycles. The van der Waals surface area contributed by atoms with E-state index in [1.807, 2.05) is 13.0 Å². The molecular formula is C12H14N2O2. The molecule has 1 aromatic rings. The minimum Gasteiger partial charge on any atom is -0.339 e. The highest BCUT2D eigenvalue weighted by atomic mass is 16.2. The van der Waals surface area contributed by atoms with Gasteiger partial charge in [-0.1, -0.05) is 18.2 Å². The van der Waals surface area contributed by atoms with Gasteiger partial charge in [-0.2, -0.15) is 0 Å². The van der Waals surface area contributed by atoms with Crippen molar-refractivity contribution in [3.05, 3.63) is 35.9 Å². The second-order valence-electron chi connectivity index (χ2n) is 3.77. The Morgan fingerprint density at radius 1 is 1.44 bits per heavy atom. The maximum absolute atomic E-state index is 11.7. The maximum Gasteiger partial charge on any atom is 0.251 e.